The van der Waals surface area contributed by atoms with E-state index in [-0.39, 0.29) is 12.2 Å². The minimum Gasteiger partial charge on any atom is -0.480 e. The molecule has 0 aliphatic carbocycles. The fourth-order valence-electron chi connectivity index (χ4n) is 1.14. The molecule has 0 fully saturated rings. The Morgan fingerprint density at radius 2 is 2.00 bits per heavy atom. The third-order valence-corrected chi connectivity index (χ3v) is 2.27. The van der Waals surface area contributed by atoms with Crippen LogP contribution < -0.4 is 0 Å². The van der Waals surface area contributed by atoms with Crippen LogP contribution in [0.2, 0.25) is 0 Å². The van der Waals surface area contributed by atoms with Crippen molar-refractivity contribution in [3.8, 4) is 0 Å². The molecule has 0 saturated heterocycles. The summed E-state index contributed by atoms with van der Waals surface area (Å²) in [4.78, 5) is 21.1. The number of hydrogen-bond acceptors (Lipinski definition) is 3. The highest BCUT2D eigenvalue weighted by molar-refractivity contribution is 9.10. The molecule has 2 N–H and O–H groups in total. The van der Waals surface area contributed by atoms with Gasteiger partial charge in [-0.05, 0) is 23.8 Å². The van der Waals surface area contributed by atoms with E-state index in [4.69, 9.17) is 14.9 Å². The van der Waals surface area contributed by atoms with Crippen molar-refractivity contribution in [2.24, 2.45) is 0 Å². The predicted octanol–water partition coefficient (Wildman–Crippen LogP) is 1.75. The fraction of sp³-hybridized carbons (Fsp3) is 0.200. The number of carboxylic acids is 2. The SMILES string of the molecule is O=C(O)COCc1cc(Br)ccc1C(=O)O. The second kappa shape index (κ2) is 5.62. The summed E-state index contributed by atoms with van der Waals surface area (Å²) >= 11 is 3.20. The van der Waals surface area contributed by atoms with E-state index in [2.05, 4.69) is 15.9 Å². The number of aliphatic carboxylic acids is 1. The molecule has 16 heavy (non-hydrogen) atoms. The van der Waals surface area contributed by atoms with E-state index in [0.717, 1.165) is 0 Å². The maximum atomic E-state index is 10.8. The van der Waals surface area contributed by atoms with Gasteiger partial charge in [-0.2, -0.15) is 0 Å². The van der Waals surface area contributed by atoms with Crippen molar-refractivity contribution in [2.75, 3.05) is 6.61 Å². The molecule has 1 aromatic carbocycles. The summed E-state index contributed by atoms with van der Waals surface area (Å²) in [5.41, 5.74) is 0.539. The lowest BCUT2D eigenvalue weighted by molar-refractivity contribution is -0.142. The van der Waals surface area contributed by atoms with Crippen LogP contribution in [0, 0.1) is 0 Å². The Kier molecular flexibility index (Phi) is 4.45. The highest BCUT2D eigenvalue weighted by Crippen LogP contribution is 2.17. The summed E-state index contributed by atoms with van der Waals surface area (Å²) in [5, 5.41) is 17.3. The number of hydrogen-bond donors (Lipinski definition) is 2. The van der Waals surface area contributed by atoms with Crippen molar-refractivity contribution in [3.63, 3.8) is 0 Å². The molecule has 0 saturated carbocycles. The van der Waals surface area contributed by atoms with E-state index >= 15 is 0 Å². The Balaban J connectivity index is 2.80. The van der Waals surface area contributed by atoms with E-state index < -0.39 is 18.5 Å². The van der Waals surface area contributed by atoms with Gasteiger partial charge in [0.1, 0.15) is 6.61 Å². The second-order valence-electron chi connectivity index (χ2n) is 2.99. The summed E-state index contributed by atoms with van der Waals surface area (Å²) in [6.07, 6.45) is 0. The molecule has 0 radical (unpaired) electrons. The molecule has 0 amide bonds. The van der Waals surface area contributed by atoms with E-state index in [1.165, 1.54) is 6.07 Å². The molecule has 0 unspecified atom stereocenters. The number of aromatic carboxylic acids is 1. The lowest BCUT2D eigenvalue weighted by Crippen LogP contribution is -2.09. The van der Waals surface area contributed by atoms with Crippen LogP contribution in [0.5, 0.6) is 0 Å². The largest absolute Gasteiger partial charge is 0.480 e. The highest BCUT2D eigenvalue weighted by atomic mass is 79.9. The summed E-state index contributed by atoms with van der Waals surface area (Å²) in [6.45, 7) is -0.501. The number of rotatable bonds is 5. The number of benzene rings is 1. The van der Waals surface area contributed by atoms with Crippen molar-refractivity contribution < 1.29 is 24.5 Å². The molecule has 0 aliphatic heterocycles. The molecule has 0 aliphatic rings. The van der Waals surface area contributed by atoms with Gasteiger partial charge in [0.2, 0.25) is 0 Å². The maximum Gasteiger partial charge on any atom is 0.336 e. The van der Waals surface area contributed by atoms with Gasteiger partial charge in [0.25, 0.3) is 0 Å². The second-order valence-corrected chi connectivity index (χ2v) is 3.91. The molecule has 0 atom stereocenters. The lowest BCUT2D eigenvalue weighted by Gasteiger charge is -2.06. The number of ether oxygens (including phenoxy) is 1. The molecule has 0 bridgehead atoms. The van der Waals surface area contributed by atoms with Gasteiger partial charge in [-0.1, -0.05) is 15.9 Å². The molecule has 0 spiro atoms. The minimum atomic E-state index is -1.09. The van der Waals surface area contributed by atoms with Crippen molar-refractivity contribution in [3.05, 3.63) is 33.8 Å². The van der Waals surface area contributed by atoms with Gasteiger partial charge in [0, 0.05) is 4.47 Å². The minimum absolute atomic E-state index is 0.0482. The van der Waals surface area contributed by atoms with Crippen molar-refractivity contribution >= 4 is 27.9 Å². The molecule has 6 heteroatoms. The van der Waals surface area contributed by atoms with Crippen molar-refractivity contribution in [2.45, 2.75) is 6.61 Å². The van der Waals surface area contributed by atoms with Crippen LogP contribution in [0.4, 0.5) is 0 Å². The Bertz CT molecular complexity index is 416. The zero-order valence-corrected chi connectivity index (χ0v) is 9.73. The van der Waals surface area contributed by atoms with Crippen LogP contribution in [-0.4, -0.2) is 28.8 Å². The zero-order valence-electron chi connectivity index (χ0n) is 8.14. The van der Waals surface area contributed by atoms with Gasteiger partial charge in [-0.25, -0.2) is 9.59 Å². The third kappa shape index (κ3) is 3.63. The first kappa shape index (κ1) is 12.7. The molecule has 5 nitrogen and oxygen atoms in total. The van der Waals surface area contributed by atoms with E-state index in [0.29, 0.717) is 10.0 Å². The quantitative estimate of drug-likeness (QED) is 0.862. The zero-order chi connectivity index (χ0) is 12.1. The van der Waals surface area contributed by atoms with Crippen molar-refractivity contribution in [1.82, 2.24) is 0 Å². The summed E-state index contributed by atoms with van der Waals surface area (Å²) in [7, 11) is 0. The van der Waals surface area contributed by atoms with Gasteiger partial charge in [-0.15, -0.1) is 0 Å². The van der Waals surface area contributed by atoms with Crippen molar-refractivity contribution in [1.29, 1.82) is 0 Å². The Hall–Kier alpha value is -1.40. The Morgan fingerprint density at radius 1 is 1.31 bits per heavy atom. The van der Waals surface area contributed by atoms with Gasteiger partial charge < -0.3 is 14.9 Å². The molecule has 0 aromatic heterocycles. The average molecular weight is 289 g/mol. The molecular formula is C10H9BrO5. The van der Waals surface area contributed by atoms with Crippen LogP contribution in [0.3, 0.4) is 0 Å². The Morgan fingerprint density at radius 3 is 2.56 bits per heavy atom. The third-order valence-electron chi connectivity index (χ3n) is 1.78. The fourth-order valence-corrected chi connectivity index (χ4v) is 1.55. The Labute approximate surface area is 99.8 Å². The normalized spacial score (nSPS) is 10.1. The topological polar surface area (TPSA) is 83.8 Å². The van der Waals surface area contributed by atoms with E-state index in [9.17, 15) is 9.59 Å². The molecule has 86 valence electrons. The summed E-state index contributed by atoms with van der Waals surface area (Å²) < 4.78 is 5.56. The van der Waals surface area contributed by atoms with E-state index in [1.807, 2.05) is 0 Å². The number of halogens is 1. The molecule has 1 rings (SSSR count). The molecule has 1 aromatic rings. The average Bonchev–Trinajstić information content (AvgIpc) is 2.16. The smallest absolute Gasteiger partial charge is 0.336 e. The number of carbonyl (C=O) groups is 2. The number of carboxylic acid groups (broad SMARTS) is 2. The van der Waals surface area contributed by atoms with Crippen LogP contribution in [-0.2, 0) is 16.1 Å². The lowest BCUT2D eigenvalue weighted by atomic mass is 10.1. The standard InChI is InChI=1S/C10H9BrO5/c11-7-1-2-8(10(14)15)6(3-7)4-16-5-9(12)13/h1-3H,4-5H2,(H,12,13)(H,14,15). The van der Waals surface area contributed by atoms with E-state index in [1.54, 1.807) is 12.1 Å². The highest BCUT2D eigenvalue weighted by Gasteiger charge is 2.10. The van der Waals surface area contributed by atoms with Crippen LogP contribution >= 0.6 is 15.9 Å². The summed E-state index contributed by atoms with van der Waals surface area (Å²) in [6, 6.07) is 4.63. The monoisotopic (exact) mass is 288 g/mol. The van der Waals surface area contributed by atoms with Gasteiger partial charge in [-0.3, -0.25) is 0 Å². The van der Waals surface area contributed by atoms with Gasteiger partial charge in [0.05, 0.1) is 12.2 Å². The van der Waals surface area contributed by atoms with Crippen LogP contribution in [0.1, 0.15) is 15.9 Å². The maximum absolute atomic E-state index is 10.8. The van der Waals surface area contributed by atoms with Crippen LogP contribution in [0.15, 0.2) is 22.7 Å². The molecular weight excluding hydrogens is 280 g/mol. The summed E-state index contributed by atoms with van der Waals surface area (Å²) in [5.74, 6) is -2.16. The first-order valence-electron chi connectivity index (χ1n) is 4.32. The van der Waals surface area contributed by atoms with Gasteiger partial charge >= 0.3 is 11.9 Å². The van der Waals surface area contributed by atoms with Gasteiger partial charge in [0.15, 0.2) is 0 Å². The first-order chi connectivity index (χ1) is 7.50. The van der Waals surface area contributed by atoms with Crippen LogP contribution in [0.25, 0.3) is 0 Å². The molecule has 0 heterocycles. The first-order valence-corrected chi connectivity index (χ1v) is 5.11. The predicted molar refractivity (Wildman–Crippen MR) is 58.4 cm³/mol.